The van der Waals surface area contributed by atoms with E-state index in [1.807, 2.05) is 0 Å². The number of nitrogen functional groups attached to an aromatic ring is 1. The van der Waals surface area contributed by atoms with Crippen LogP contribution in [0.15, 0.2) is 18.2 Å². The average Bonchev–Trinajstić information content (AvgIpc) is 1.82. The molecule has 0 amide bonds. The van der Waals surface area contributed by atoms with Crippen molar-refractivity contribution in [1.82, 2.24) is 0 Å². The summed E-state index contributed by atoms with van der Waals surface area (Å²) in [6, 6.07) is 3.48. The molecule has 0 saturated heterocycles. The molecule has 0 atom stereocenters. The Morgan fingerprint density at radius 1 is 1.07 bits per heavy atom. The van der Waals surface area contributed by atoms with Gasteiger partial charge in [0.2, 0.25) is 0 Å². The van der Waals surface area contributed by atoms with E-state index in [1.165, 1.54) is 6.07 Å². The summed E-state index contributed by atoms with van der Waals surface area (Å²) >= 11 is 0. The highest BCUT2D eigenvalue weighted by Crippen LogP contribution is 2.30. The summed E-state index contributed by atoms with van der Waals surface area (Å²) in [6.45, 7) is 1.58. The minimum absolute atomic E-state index is 0. The Labute approximate surface area is 82.7 Å². The summed E-state index contributed by atoms with van der Waals surface area (Å²) in [6.07, 6.45) is -4.31. The fourth-order valence-corrected chi connectivity index (χ4v) is 0.976. The maximum atomic E-state index is 12.1. The molecule has 0 aliphatic rings. The number of nitrogens with two attached hydrogens (primary N) is 1. The fraction of sp³-hybridized carbons (Fsp3) is 0.400. The second-order valence-corrected chi connectivity index (χ2v) is 2.63. The summed E-state index contributed by atoms with van der Waals surface area (Å²) < 4.78 is 36.3. The van der Waals surface area contributed by atoms with Gasteiger partial charge in [-0.2, -0.15) is 13.2 Å². The predicted molar refractivity (Wildman–Crippen MR) is 54.1 cm³/mol. The second-order valence-electron chi connectivity index (χ2n) is 2.63. The van der Waals surface area contributed by atoms with Crippen LogP contribution in [-0.2, 0) is 6.18 Å². The lowest BCUT2D eigenvalue weighted by atomic mass is 10.1. The van der Waals surface area contributed by atoms with E-state index in [-0.39, 0.29) is 20.5 Å². The van der Waals surface area contributed by atoms with Gasteiger partial charge in [0.25, 0.3) is 0 Å². The molecule has 1 rings (SSSR count). The minimum Gasteiger partial charge on any atom is -0.399 e. The summed E-state index contributed by atoms with van der Waals surface area (Å²) in [7, 11) is 0. The first-order chi connectivity index (χ1) is 5.39. The van der Waals surface area contributed by atoms with E-state index in [4.69, 9.17) is 5.73 Å². The Balaban J connectivity index is 0. The lowest BCUT2D eigenvalue weighted by molar-refractivity contribution is -0.137. The molecule has 0 saturated carbocycles. The van der Waals surface area contributed by atoms with Crippen LogP contribution in [0.3, 0.4) is 0 Å². The molecule has 82 valence electrons. The zero-order valence-electron chi connectivity index (χ0n) is 6.44. The van der Waals surface area contributed by atoms with Gasteiger partial charge in [-0.15, -0.1) is 0 Å². The summed E-state index contributed by atoms with van der Waals surface area (Å²) in [5.74, 6) is 0. The van der Waals surface area contributed by atoms with Crippen LogP contribution in [0.1, 0.15) is 26.0 Å². The smallest absolute Gasteiger partial charge is 0.399 e. The van der Waals surface area contributed by atoms with Gasteiger partial charge in [-0.05, 0) is 30.7 Å². The molecule has 1 aromatic carbocycles. The first-order valence-corrected chi connectivity index (χ1v) is 3.34. The molecule has 0 aliphatic heterocycles. The number of halogens is 3. The molecule has 0 bridgehead atoms. The molecular formula is C10H16F3N. The first-order valence-electron chi connectivity index (χ1n) is 3.34. The van der Waals surface area contributed by atoms with Gasteiger partial charge >= 0.3 is 6.18 Å². The van der Waals surface area contributed by atoms with Crippen molar-refractivity contribution in [2.45, 2.75) is 28.0 Å². The Morgan fingerprint density at radius 3 is 1.93 bits per heavy atom. The zero-order valence-corrected chi connectivity index (χ0v) is 6.44. The molecule has 1 aromatic rings. The third-order valence-electron chi connectivity index (χ3n) is 1.43. The number of hydrogen-bond donors (Lipinski definition) is 1. The highest BCUT2D eigenvalue weighted by atomic mass is 19.4. The Kier molecular flexibility index (Phi) is 5.33. The number of aryl methyl sites for hydroxylation is 1. The summed E-state index contributed by atoms with van der Waals surface area (Å²) in [5, 5.41) is 0. The summed E-state index contributed by atoms with van der Waals surface area (Å²) in [5.41, 5.74) is 5.22. The van der Waals surface area contributed by atoms with Crippen molar-refractivity contribution >= 4 is 5.69 Å². The van der Waals surface area contributed by atoms with Crippen LogP contribution in [-0.4, -0.2) is 0 Å². The monoisotopic (exact) mass is 207 g/mol. The molecule has 2 N–H and O–H groups in total. The van der Waals surface area contributed by atoms with Gasteiger partial charge in [0, 0.05) is 5.69 Å². The number of rotatable bonds is 0. The van der Waals surface area contributed by atoms with Crippen LogP contribution in [0, 0.1) is 6.92 Å². The van der Waals surface area contributed by atoms with E-state index < -0.39 is 11.7 Å². The van der Waals surface area contributed by atoms with Gasteiger partial charge in [0.15, 0.2) is 0 Å². The molecule has 1 nitrogen and oxygen atoms in total. The molecular weight excluding hydrogens is 191 g/mol. The largest absolute Gasteiger partial charge is 0.416 e. The maximum absolute atomic E-state index is 12.1. The van der Waals surface area contributed by atoms with Crippen LogP contribution in [0.4, 0.5) is 18.9 Å². The van der Waals surface area contributed by atoms with Gasteiger partial charge in [0.05, 0.1) is 5.56 Å². The van der Waals surface area contributed by atoms with Crippen LogP contribution < -0.4 is 5.73 Å². The predicted octanol–water partition coefficient (Wildman–Crippen LogP) is 3.87. The molecule has 0 heterocycles. The molecule has 0 aliphatic carbocycles. The van der Waals surface area contributed by atoms with Gasteiger partial charge < -0.3 is 5.73 Å². The Hall–Kier alpha value is -1.19. The Morgan fingerprint density at radius 2 is 1.57 bits per heavy atom. The van der Waals surface area contributed by atoms with Gasteiger partial charge in [-0.25, -0.2) is 0 Å². The standard InChI is InChI=1S/C8H8F3N.2CH4/c1-5-2-6(8(9,10)11)4-7(12)3-5;;/h2-4H,12H2,1H3;2*1H4. The minimum atomic E-state index is -4.31. The van der Waals surface area contributed by atoms with Crippen LogP contribution in [0.25, 0.3) is 0 Å². The van der Waals surface area contributed by atoms with Crippen molar-refractivity contribution in [3.8, 4) is 0 Å². The molecule has 0 spiro atoms. The van der Waals surface area contributed by atoms with Gasteiger partial charge in [0.1, 0.15) is 0 Å². The molecule has 0 radical (unpaired) electrons. The van der Waals surface area contributed by atoms with Gasteiger partial charge in [-0.1, -0.05) is 14.9 Å². The fourth-order valence-electron chi connectivity index (χ4n) is 0.976. The van der Waals surface area contributed by atoms with Crippen molar-refractivity contribution in [2.24, 2.45) is 0 Å². The molecule has 4 heteroatoms. The molecule has 14 heavy (non-hydrogen) atoms. The van der Waals surface area contributed by atoms with Crippen molar-refractivity contribution in [3.05, 3.63) is 29.3 Å². The number of alkyl halides is 3. The number of hydrogen-bond acceptors (Lipinski definition) is 1. The van der Waals surface area contributed by atoms with Crippen LogP contribution in [0.2, 0.25) is 0 Å². The number of benzene rings is 1. The molecule has 0 fully saturated rings. The highest BCUT2D eigenvalue weighted by molar-refractivity contribution is 5.45. The van der Waals surface area contributed by atoms with Crippen molar-refractivity contribution in [2.75, 3.05) is 5.73 Å². The normalized spacial score (nSPS) is 10.0. The number of anilines is 1. The third kappa shape index (κ3) is 3.68. The van der Waals surface area contributed by atoms with Crippen LogP contribution >= 0.6 is 0 Å². The van der Waals surface area contributed by atoms with E-state index in [2.05, 4.69) is 0 Å². The quantitative estimate of drug-likeness (QED) is 0.642. The van der Waals surface area contributed by atoms with E-state index in [0.29, 0.717) is 5.56 Å². The van der Waals surface area contributed by atoms with E-state index >= 15 is 0 Å². The highest BCUT2D eigenvalue weighted by Gasteiger charge is 2.30. The Bertz CT molecular complexity index is 272. The zero-order chi connectivity index (χ0) is 9.35. The second kappa shape index (κ2) is 4.88. The lowest BCUT2D eigenvalue weighted by Crippen LogP contribution is -2.05. The lowest BCUT2D eigenvalue weighted by Gasteiger charge is -2.07. The topological polar surface area (TPSA) is 26.0 Å². The van der Waals surface area contributed by atoms with E-state index in [0.717, 1.165) is 12.1 Å². The van der Waals surface area contributed by atoms with E-state index in [9.17, 15) is 13.2 Å². The maximum Gasteiger partial charge on any atom is 0.416 e. The first kappa shape index (κ1) is 15.3. The van der Waals surface area contributed by atoms with Crippen molar-refractivity contribution < 1.29 is 13.2 Å². The third-order valence-corrected chi connectivity index (χ3v) is 1.43. The van der Waals surface area contributed by atoms with Crippen molar-refractivity contribution in [3.63, 3.8) is 0 Å². The van der Waals surface area contributed by atoms with Crippen molar-refractivity contribution in [1.29, 1.82) is 0 Å². The van der Waals surface area contributed by atoms with Gasteiger partial charge in [-0.3, -0.25) is 0 Å². The SMILES string of the molecule is C.C.Cc1cc(N)cc(C(F)(F)F)c1. The molecule has 0 unspecified atom stereocenters. The molecule has 0 aromatic heterocycles. The van der Waals surface area contributed by atoms with E-state index in [1.54, 1.807) is 6.92 Å². The van der Waals surface area contributed by atoms with Crippen LogP contribution in [0.5, 0.6) is 0 Å². The average molecular weight is 207 g/mol. The summed E-state index contributed by atoms with van der Waals surface area (Å²) in [4.78, 5) is 0.